The molecule has 2 rings (SSSR count). The number of carbonyl (C=O) groups excluding carboxylic acids is 2. The molecule has 1 N–H and O–H groups in total. The van der Waals surface area contributed by atoms with Gasteiger partial charge in [-0.15, -0.1) is 0 Å². The van der Waals surface area contributed by atoms with Crippen LogP contribution in [0.15, 0.2) is 24.3 Å². The van der Waals surface area contributed by atoms with Gasteiger partial charge in [0.2, 0.25) is 0 Å². The number of esters is 1. The molecule has 1 aliphatic rings. The molecule has 0 radical (unpaired) electrons. The summed E-state index contributed by atoms with van der Waals surface area (Å²) in [5.74, 6) is -1.97. The van der Waals surface area contributed by atoms with E-state index in [0.29, 0.717) is 13.1 Å². The molecule has 0 saturated carbocycles. The van der Waals surface area contributed by atoms with Crippen molar-refractivity contribution in [2.24, 2.45) is 0 Å². The number of carboxylic acid groups (broad SMARTS) is 1. The monoisotopic (exact) mass is 263 g/mol. The Hall–Kier alpha value is -2.37. The second kappa shape index (κ2) is 5.51. The van der Waals surface area contributed by atoms with Crippen LogP contribution in [0.2, 0.25) is 0 Å². The van der Waals surface area contributed by atoms with E-state index in [-0.39, 0.29) is 11.1 Å². The smallest absolute Gasteiger partial charge is 0.417 e. The maximum atomic E-state index is 11.7. The molecule has 1 aliphatic heterocycles. The molecule has 0 spiro atoms. The van der Waals surface area contributed by atoms with Gasteiger partial charge in [-0.05, 0) is 31.0 Å². The summed E-state index contributed by atoms with van der Waals surface area (Å²) in [6.45, 7) is 1.17. The predicted octanol–water partition coefficient (Wildman–Crippen LogP) is 1.76. The summed E-state index contributed by atoms with van der Waals surface area (Å²) in [5.41, 5.74) is 0.0236. The van der Waals surface area contributed by atoms with Gasteiger partial charge in [0, 0.05) is 13.1 Å². The summed E-state index contributed by atoms with van der Waals surface area (Å²) in [6, 6.07) is 5.38. The molecule has 1 heterocycles. The van der Waals surface area contributed by atoms with Gasteiger partial charge >= 0.3 is 18.0 Å². The van der Waals surface area contributed by atoms with E-state index in [0.717, 1.165) is 12.8 Å². The number of ether oxygens (including phenoxy) is 1. The van der Waals surface area contributed by atoms with Crippen molar-refractivity contribution in [2.45, 2.75) is 12.8 Å². The fourth-order valence-corrected chi connectivity index (χ4v) is 1.88. The van der Waals surface area contributed by atoms with E-state index in [1.807, 2.05) is 0 Å². The van der Waals surface area contributed by atoms with Crippen molar-refractivity contribution in [3.8, 4) is 0 Å². The first-order valence-corrected chi connectivity index (χ1v) is 5.92. The summed E-state index contributed by atoms with van der Waals surface area (Å²) in [6.07, 6.45) is 1.12. The van der Waals surface area contributed by atoms with Gasteiger partial charge in [-0.3, -0.25) is 0 Å². The molecule has 0 aliphatic carbocycles. The van der Waals surface area contributed by atoms with Gasteiger partial charge in [0.05, 0.1) is 11.1 Å². The second-order valence-corrected chi connectivity index (χ2v) is 4.24. The van der Waals surface area contributed by atoms with Crippen LogP contribution in [0.1, 0.15) is 33.6 Å². The average molecular weight is 263 g/mol. The lowest BCUT2D eigenvalue weighted by Crippen LogP contribution is -2.30. The Kier molecular flexibility index (Phi) is 3.79. The Labute approximate surface area is 109 Å². The normalized spacial score (nSPS) is 14.2. The molecule has 100 valence electrons. The van der Waals surface area contributed by atoms with Crippen LogP contribution in [0.3, 0.4) is 0 Å². The standard InChI is InChI=1S/C13H13NO5/c15-11(16)9-4-3-5-10(8-9)12(17)19-13(18)14-6-1-2-7-14/h3-5,8H,1-2,6-7H2,(H,15,16). The van der Waals surface area contributed by atoms with Gasteiger partial charge in [0.15, 0.2) is 0 Å². The van der Waals surface area contributed by atoms with Gasteiger partial charge in [-0.2, -0.15) is 0 Å². The lowest BCUT2D eigenvalue weighted by molar-refractivity contribution is 0.0558. The molecule has 0 atom stereocenters. The van der Waals surface area contributed by atoms with Crippen LogP contribution in [-0.4, -0.2) is 41.1 Å². The largest absolute Gasteiger partial charge is 0.478 e. The van der Waals surface area contributed by atoms with Crippen molar-refractivity contribution in [3.63, 3.8) is 0 Å². The Morgan fingerprint density at radius 3 is 2.37 bits per heavy atom. The topological polar surface area (TPSA) is 83.9 Å². The number of hydrogen-bond acceptors (Lipinski definition) is 4. The van der Waals surface area contributed by atoms with Gasteiger partial charge in [0.25, 0.3) is 0 Å². The molecule has 0 unspecified atom stereocenters. The zero-order valence-electron chi connectivity index (χ0n) is 10.2. The van der Waals surface area contributed by atoms with E-state index < -0.39 is 18.0 Å². The highest BCUT2D eigenvalue weighted by atomic mass is 16.6. The SMILES string of the molecule is O=C(O)c1cccc(C(=O)OC(=O)N2CCCC2)c1. The molecule has 6 nitrogen and oxygen atoms in total. The van der Waals surface area contributed by atoms with E-state index in [9.17, 15) is 14.4 Å². The first-order valence-electron chi connectivity index (χ1n) is 5.92. The predicted molar refractivity (Wildman–Crippen MR) is 65.0 cm³/mol. The Morgan fingerprint density at radius 1 is 1.11 bits per heavy atom. The number of nitrogens with zero attached hydrogens (tertiary/aromatic N) is 1. The number of aromatic carboxylic acids is 1. The lowest BCUT2D eigenvalue weighted by atomic mass is 10.1. The number of likely N-dealkylation sites (tertiary alicyclic amines) is 1. The van der Waals surface area contributed by atoms with Crippen molar-refractivity contribution in [2.75, 3.05) is 13.1 Å². The highest BCUT2D eigenvalue weighted by Crippen LogP contribution is 2.11. The van der Waals surface area contributed by atoms with Crippen molar-refractivity contribution in [3.05, 3.63) is 35.4 Å². The Morgan fingerprint density at radius 2 is 1.74 bits per heavy atom. The number of hydrogen-bond donors (Lipinski definition) is 1. The molecule has 1 fully saturated rings. The quantitative estimate of drug-likeness (QED) is 0.649. The van der Waals surface area contributed by atoms with Crippen LogP contribution in [-0.2, 0) is 4.74 Å². The van der Waals surface area contributed by atoms with Crippen molar-refractivity contribution in [1.82, 2.24) is 4.90 Å². The van der Waals surface area contributed by atoms with Crippen LogP contribution >= 0.6 is 0 Å². The van der Waals surface area contributed by atoms with E-state index in [1.165, 1.54) is 29.2 Å². The van der Waals surface area contributed by atoms with Gasteiger partial charge in [-0.1, -0.05) is 6.07 Å². The molecule has 0 aromatic heterocycles. The van der Waals surface area contributed by atoms with E-state index in [4.69, 9.17) is 9.84 Å². The Balaban J connectivity index is 2.05. The third kappa shape index (κ3) is 3.09. The summed E-state index contributed by atoms with van der Waals surface area (Å²) in [5, 5.41) is 8.82. The van der Waals surface area contributed by atoms with E-state index in [1.54, 1.807) is 0 Å². The lowest BCUT2D eigenvalue weighted by Gasteiger charge is -2.13. The third-order valence-corrected chi connectivity index (χ3v) is 2.89. The number of carbonyl (C=O) groups is 3. The van der Waals surface area contributed by atoms with Gasteiger partial charge in [0.1, 0.15) is 0 Å². The number of amides is 1. The molecule has 0 bridgehead atoms. The van der Waals surface area contributed by atoms with Gasteiger partial charge in [-0.25, -0.2) is 14.4 Å². The number of rotatable bonds is 2. The minimum atomic E-state index is -1.14. The molecular weight excluding hydrogens is 250 g/mol. The molecule has 1 amide bonds. The molecule has 1 aromatic carbocycles. The third-order valence-electron chi connectivity index (χ3n) is 2.89. The van der Waals surface area contributed by atoms with E-state index >= 15 is 0 Å². The fraction of sp³-hybridized carbons (Fsp3) is 0.308. The maximum absolute atomic E-state index is 11.7. The minimum Gasteiger partial charge on any atom is -0.478 e. The summed E-state index contributed by atoms with van der Waals surface area (Å²) in [7, 11) is 0. The molecule has 6 heteroatoms. The summed E-state index contributed by atoms with van der Waals surface area (Å²) in [4.78, 5) is 35.6. The highest BCUT2D eigenvalue weighted by Gasteiger charge is 2.22. The first-order chi connectivity index (χ1) is 9.08. The Bertz CT molecular complexity index is 520. The van der Waals surface area contributed by atoms with Crippen molar-refractivity contribution in [1.29, 1.82) is 0 Å². The highest BCUT2D eigenvalue weighted by molar-refractivity contribution is 5.98. The fourth-order valence-electron chi connectivity index (χ4n) is 1.88. The second-order valence-electron chi connectivity index (χ2n) is 4.24. The molecule has 19 heavy (non-hydrogen) atoms. The molecular formula is C13H13NO5. The molecule has 1 saturated heterocycles. The van der Waals surface area contributed by atoms with Crippen molar-refractivity contribution < 1.29 is 24.2 Å². The van der Waals surface area contributed by atoms with Crippen molar-refractivity contribution >= 4 is 18.0 Å². The summed E-state index contributed by atoms with van der Waals surface area (Å²) < 4.78 is 4.71. The van der Waals surface area contributed by atoms with E-state index in [2.05, 4.69) is 0 Å². The number of benzene rings is 1. The first kappa shape index (κ1) is 13.1. The van der Waals surface area contributed by atoms with Crippen LogP contribution < -0.4 is 0 Å². The van der Waals surface area contributed by atoms with Gasteiger partial charge < -0.3 is 14.7 Å². The maximum Gasteiger partial charge on any atom is 0.417 e. The van der Waals surface area contributed by atoms with Crippen LogP contribution in [0.4, 0.5) is 4.79 Å². The minimum absolute atomic E-state index is 0.0249. The summed E-state index contributed by atoms with van der Waals surface area (Å²) >= 11 is 0. The number of carboxylic acids is 1. The zero-order chi connectivity index (χ0) is 13.8. The zero-order valence-corrected chi connectivity index (χ0v) is 10.2. The van der Waals surface area contributed by atoms with Crippen LogP contribution in [0.5, 0.6) is 0 Å². The van der Waals surface area contributed by atoms with Crippen LogP contribution in [0, 0.1) is 0 Å². The molecule has 1 aromatic rings. The van der Waals surface area contributed by atoms with Crippen LogP contribution in [0.25, 0.3) is 0 Å². The average Bonchev–Trinajstić information content (AvgIpc) is 2.92.